The standard InChI is InChI=1S/C14H17N5O/c1-10-16-12-9-18(7-8-19(12)17-10)14(20)13(15)11-5-3-2-4-6-11/h2-6,13H,7-9,15H2,1H3. The molecule has 3 rings (SSSR count). The van der Waals surface area contributed by atoms with Crippen LogP contribution in [0, 0.1) is 6.92 Å². The first kappa shape index (κ1) is 12.8. The van der Waals surface area contributed by atoms with Crippen LogP contribution in [0.2, 0.25) is 0 Å². The first-order valence-corrected chi connectivity index (χ1v) is 6.65. The van der Waals surface area contributed by atoms with E-state index in [0.717, 1.165) is 17.2 Å². The Morgan fingerprint density at radius 2 is 2.05 bits per heavy atom. The molecule has 0 saturated carbocycles. The van der Waals surface area contributed by atoms with Gasteiger partial charge < -0.3 is 10.6 Å². The molecule has 0 aliphatic carbocycles. The van der Waals surface area contributed by atoms with Gasteiger partial charge in [0.25, 0.3) is 0 Å². The molecule has 1 unspecified atom stereocenters. The zero-order valence-corrected chi connectivity index (χ0v) is 11.4. The van der Waals surface area contributed by atoms with Crippen molar-refractivity contribution in [1.82, 2.24) is 19.7 Å². The summed E-state index contributed by atoms with van der Waals surface area (Å²) in [6.45, 7) is 3.62. The summed E-state index contributed by atoms with van der Waals surface area (Å²) in [5, 5.41) is 4.28. The third-order valence-corrected chi connectivity index (χ3v) is 3.50. The van der Waals surface area contributed by atoms with Gasteiger partial charge in [0.2, 0.25) is 5.91 Å². The highest BCUT2D eigenvalue weighted by Gasteiger charge is 2.27. The van der Waals surface area contributed by atoms with Gasteiger partial charge in [0.15, 0.2) is 0 Å². The highest BCUT2D eigenvalue weighted by Crippen LogP contribution is 2.17. The number of aryl methyl sites for hydroxylation is 1. The van der Waals surface area contributed by atoms with Gasteiger partial charge in [-0.15, -0.1) is 0 Å². The Labute approximate surface area is 117 Å². The molecule has 0 radical (unpaired) electrons. The molecule has 0 saturated heterocycles. The Kier molecular flexibility index (Phi) is 3.23. The zero-order valence-electron chi connectivity index (χ0n) is 11.4. The van der Waals surface area contributed by atoms with Gasteiger partial charge in [0.05, 0.1) is 13.1 Å². The van der Waals surface area contributed by atoms with E-state index in [1.54, 1.807) is 4.90 Å². The highest BCUT2D eigenvalue weighted by atomic mass is 16.2. The summed E-state index contributed by atoms with van der Waals surface area (Å²) >= 11 is 0. The van der Waals surface area contributed by atoms with Gasteiger partial charge in [-0.3, -0.25) is 4.79 Å². The molecule has 20 heavy (non-hydrogen) atoms. The number of benzene rings is 1. The molecule has 1 amide bonds. The number of carbonyl (C=O) groups excluding carboxylic acids is 1. The molecule has 0 bridgehead atoms. The van der Waals surface area contributed by atoms with Gasteiger partial charge in [-0.25, -0.2) is 9.67 Å². The molecule has 1 aliphatic heterocycles. The van der Waals surface area contributed by atoms with Crippen LogP contribution in [0.3, 0.4) is 0 Å². The number of nitrogens with zero attached hydrogens (tertiary/aromatic N) is 4. The maximum Gasteiger partial charge on any atom is 0.244 e. The quantitative estimate of drug-likeness (QED) is 0.869. The van der Waals surface area contributed by atoms with E-state index >= 15 is 0 Å². The van der Waals surface area contributed by atoms with Crippen LogP contribution in [-0.2, 0) is 17.9 Å². The van der Waals surface area contributed by atoms with Gasteiger partial charge in [-0.1, -0.05) is 30.3 Å². The van der Waals surface area contributed by atoms with Crippen LogP contribution in [0.1, 0.15) is 23.3 Å². The Morgan fingerprint density at radius 3 is 2.80 bits per heavy atom. The predicted molar refractivity (Wildman–Crippen MR) is 73.5 cm³/mol. The maximum atomic E-state index is 12.5. The van der Waals surface area contributed by atoms with E-state index in [4.69, 9.17) is 5.73 Å². The fourth-order valence-corrected chi connectivity index (χ4v) is 2.45. The van der Waals surface area contributed by atoms with E-state index in [2.05, 4.69) is 10.1 Å². The smallest absolute Gasteiger partial charge is 0.244 e. The minimum Gasteiger partial charge on any atom is -0.332 e. The number of rotatable bonds is 2. The van der Waals surface area contributed by atoms with Crippen molar-refractivity contribution in [2.24, 2.45) is 5.73 Å². The number of carbonyl (C=O) groups is 1. The molecule has 1 aromatic carbocycles. The Balaban J connectivity index is 1.76. The Morgan fingerprint density at radius 1 is 1.30 bits per heavy atom. The normalized spacial score (nSPS) is 15.8. The summed E-state index contributed by atoms with van der Waals surface area (Å²) in [4.78, 5) is 18.5. The summed E-state index contributed by atoms with van der Waals surface area (Å²) < 4.78 is 1.85. The monoisotopic (exact) mass is 271 g/mol. The van der Waals surface area contributed by atoms with E-state index in [1.807, 2.05) is 41.9 Å². The van der Waals surface area contributed by atoms with Crippen LogP contribution < -0.4 is 5.73 Å². The van der Waals surface area contributed by atoms with Crippen LogP contribution >= 0.6 is 0 Å². The maximum absolute atomic E-state index is 12.5. The van der Waals surface area contributed by atoms with E-state index in [1.165, 1.54) is 0 Å². The van der Waals surface area contributed by atoms with Crippen LogP contribution in [0.25, 0.3) is 0 Å². The molecule has 104 valence electrons. The summed E-state index contributed by atoms with van der Waals surface area (Å²) in [5.41, 5.74) is 6.89. The van der Waals surface area contributed by atoms with Crippen molar-refractivity contribution in [1.29, 1.82) is 0 Å². The summed E-state index contributed by atoms with van der Waals surface area (Å²) in [7, 11) is 0. The fourth-order valence-electron chi connectivity index (χ4n) is 2.45. The minimum absolute atomic E-state index is 0.0666. The average Bonchev–Trinajstić information content (AvgIpc) is 2.85. The number of hydrogen-bond acceptors (Lipinski definition) is 4. The molecule has 0 fully saturated rings. The van der Waals surface area contributed by atoms with Crippen LogP contribution in [0.4, 0.5) is 0 Å². The van der Waals surface area contributed by atoms with E-state index < -0.39 is 6.04 Å². The second-order valence-corrected chi connectivity index (χ2v) is 4.95. The van der Waals surface area contributed by atoms with Crippen molar-refractivity contribution < 1.29 is 4.79 Å². The summed E-state index contributed by atoms with van der Waals surface area (Å²) in [6, 6.07) is 8.81. The van der Waals surface area contributed by atoms with Gasteiger partial charge in [0, 0.05) is 6.54 Å². The Bertz CT molecular complexity index is 622. The van der Waals surface area contributed by atoms with Gasteiger partial charge in [-0.2, -0.15) is 5.10 Å². The lowest BCUT2D eigenvalue weighted by molar-refractivity contribution is -0.134. The molecule has 6 nitrogen and oxygen atoms in total. The minimum atomic E-state index is -0.619. The number of fused-ring (bicyclic) bond motifs is 1. The number of nitrogens with two attached hydrogens (primary N) is 1. The van der Waals surface area contributed by atoms with Crippen molar-refractivity contribution in [3.05, 3.63) is 47.5 Å². The summed E-state index contributed by atoms with van der Waals surface area (Å²) in [5.74, 6) is 1.49. The van der Waals surface area contributed by atoms with Crippen molar-refractivity contribution in [2.45, 2.75) is 26.1 Å². The van der Waals surface area contributed by atoms with E-state index in [-0.39, 0.29) is 5.91 Å². The lowest BCUT2D eigenvalue weighted by Crippen LogP contribution is -2.43. The molecule has 2 N–H and O–H groups in total. The van der Waals surface area contributed by atoms with E-state index in [0.29, 0.717) is 19.6 Å². The Hall–Kier alpha value is -2.21. The number of hydrogen-bond donors (Lipinski definition) is 1. The molecule has 2 aromatic rings. The van der Waals surface area contributed by atoms with Crippen LogP contribution in [0.15, 0.2) is 30.3 Å². The third kappa shape index (κ3) is 2.30. The molecule has 6 heteroatoms. The predicted octanol–water partition coefficient (Wildman–Crippen LogP) is 0.629. The largest absolute Gasteiger partial charge is 0.332 e. The second-order valence-electron chi connectivity index (χ2n) is 4.95. The first-order chi connectivity index (χ1) is 9.65. The number of amides is 1. The molecule has 1 aliphatic rings. The lowest BCUT2D eigenvalue weighted by atomic mass is 10.1. The lowest BCUT2D eigenvalue weighted by Gasteiger charge is -2.29. The molecular formula is C14H17N5O. The number of aromatic nitrogens is 3. The van der Waals surface area contributed by atoms with Crippen LogP contribution in [0.5, 0.6) is 0 Å². The molecule has 1 atom stereocenters. The van der Waals surface area contributed by atoms with Gasteiger partial charge in [-0.05, 0) is 12.5 Å². The topological polar surface area (TPSA) is 77.0 Å². The average molecular weight is 271 g/mol. The SMILES string of the molecule is Cc1nc2n(n1)CCN(C(=O)C(N)c1ccccc1)C2. The van der Waals surface area contributed by atoms with Crippen molar-refractivity contribution >= 4 is 5.91 Å². The van der Waals surface area contributed by atoms with Gasteiger partial charge >= 0.3 is 0 Å². The molecular weight excluding hydrogens is 254 g/mol. The highest BCUT2D eigenvalue weighted by molar-refractivity contribution is 5.83. The second kappa shape index (κ2) is 5.05. The van der Waals surface area contributed by atoms with Crippen molar-refractivity contribution in [3.8, 4) is 0 Å². The first-order valence-electron chi connectivity index (χ1n) is 6.65. The van der Waals surface area contributed by atoms with E-state index in [9.17, 15) is 4.79 Å². The van der Waals surface area contributed by atoms with Crippen LogP contribution in [-0.4, -0.2) is 32.1 Å². The fraction of sp³-hybridized carbons (Fsp3) is 0.357. The van der Waals surface area contributed by atoms with Crippen molar-refractivity contribution in [2.75, 3.05) is 6.54 Å². The molecule has 0 spiro atoms. The molecule has 1 aromatic heterocycles. The third-order valence-electron chi connectivity index (χ3n) is 3.50. The van der Waals surface area contributed by atoms with Crippen molar-refractivity contribution in [3.63, 3.8) is 0 Å². The molecule has 2 heterocycles. The summed E-state index contributed by atoms with van der Waals surface area (Å²) in [6.07, 6.45) is 0. The van der Waals surface area contributed by atoms with Gasteiger partial charge in [0.1, 0.15) is 17.7 Å². The zero-order chi connectivity index (χ0) is 14.1.